The first-order valence-electron chi connectivity index (χ1n) is 9.49. The van der Waals surface area contributed by atoms with Crippen LogP contribution in [0.2, 0.25) is 0 Å². The Bertz CT molecular complexity index is 1180. The van der Waals surface area contributed by atoms with E-state index in [0.717, 1.165) is 16.7 Å². The molecule has 0 atom stereocenters. The van der Waals surface area contributed by atoms with E-state index < -0.39 is 5.91 Å². The number of methoxy groups -OCH3 is 1. The molecule has 150 valence electrons. The van der Waals surface area contributed by atoms with Crippen LogP contribution >= 0.6 is 0 Å². The van der Waals surface area contributed by atoms with Crippen molar-refractivity contribution in [1.29, 1.82) is 0 Å². The fourth-order valence-corrected chi connectivity index (χ4v) is 3.55. The van der Waals surface area contributed by atoms with E-state index in [1.165, 1.54) is 7.11 Å². The van der Waals surface area contributed by atoms with Crippen molar-refractivity contribution in [2.75, 3.05) is 19.0 Å². The third-order valence-corrected chi connectivity index (χ3v) is 5.03. The largest absolute Gasteiger partial charge is 0.495 e. The van der Waals surface area contributed by atoms with E-state index >= 15 is 0 Å². The van der Waals surface area contributed by atoms with Gasteiger partial charge in [-0.2, -0.15) is 0 Å². The minimum Gasteiger partial charge on any atom is -0.495 e. The molecule has 6 heteroatoms. The second-order valence-electron chi connectivity index (χ2n) is 7.07. The van der Waals surface area contributed by atoms with Crippen LogP contribution in [0.4, 0.5) is 5.69 Å². The zero-order valence-electron chi connectivity index (χ0n) is 16.6. The summed E-state index contributed by atoms with van der Waals surface area (Å²) in [6, 6.07) is 17.8. The Morgan fingerprint density at radius 3 is 2.40 bits per heavy atom. The van der Waals surface area contributed by atoms with Crippen molar-refractivity contribution in [3.8, 4) is 16.9 Å². The molecule has 3 aromatic carbocycles. The third kappa shape index (κ3) is 3.55. The number of fused-ring (bicyclic) bond motifs is 3. The Kier molecular flexibility index (Phi) is 5.06. The number of carbonyl (C=O) groups excluding carboxylic acids is 3. The Hall–Kier alpha value is -3.93. The monoisotopic (exact) mass is 400 g/mol. The number of ketones is 1. The van der Waals surface area contributed by atoms with Crippen LogP contribution in [0.1, 0.15) is 31.8 Å². The van der Waals surface area contributed by atoms with Gasteiger partial charge in [0.15, 0.2) is 5.78 Å². The number of rotatable bonds is 5. The van der Waals surface area contributed by atoms with Gasteiger partial charge in [0.1, 0.15) is 5.75 Å². The molecule has 0 fully saturated rings. The van der Waals surface area contributed by atoms with Gasteiger partial charge >= 0.3 is 0 Å². The van der Waals surface area contributed by atoms with Crippen LogP contribution in [0.5, 0.6) is 5.75 Å². The molecule has 0 spiro atoms. The van der Waals surface area contributed by atoms with Gasteiger partial charge < -0.3 is 15.4 Å². The average molecular weight is 400 g/mol. The van der Waals surface area contributed by atoms with Crippen molar-refractivity contribution in [3.05, 3.63) is 82.9 Å². The van der Waals surface area contributed by atoms with Crippen molar-refractivity contribution in [1.82, 2.24) is 5.32 Å². The SMILES string of the molecule is COc1ccc(C)cc1NC(=O)CNC(=O)c1ccc2c(c1)C(=O)c1ccccc1-2. The molecule has 0 unspecified atom stereocenters. The highest BCUT2D eigenvalue weighted by molar-refractivity contribution is 6.22. The van der Waals surface area contributed by atoms with Crippen molar-refractivity contribution in [2.24, 2.45) is 0 Å². The number of amides is 2. The van der Waals surface area contributed by atoms with E-state index in [1.54, 1.807) is 36.4 Å². The second-order valence-corrected chi connectivity index (χ2v) is 7.07. The summed E-state index contributed by atoms with van der Waals surface area (Å²) in [6.45, 7) is 1.70. The topological polar surface area (TPSA) is 84.5 Å². The van der Waals surface area contributed by atoms with Crippen LogP contribution in [0.15, 0.2) is 60.7 Å². The maximum Gasteiger partial charge on any atom is 0.251 e. The van der Waals surface area contributed by atoms with Gasteiger partial charge in [0.2, 0.25) is 5.91 Å². The van der Waals surface area contributed by atoms with Crippen molar-refractivity contribution in [3.63, 3.8) is 0 Å². The van der Waals surface area contributed by atoms with Gasteiger partial charge in [0, 0.05) is 16.7 Å². The molecule has 2 amide bonds. The molecular formula is C24H20N2O4. The first-order valence-corrected chi connectivity index (χ1v) is 9.49. The summed E-state index contributed by atoms with van der Waals surface area (Å²) in [5.41, 5.74) is 4.66. The molecule has 3 aromatic rings. The van der Waals surface area contributed by atoms with Crippen molar-refractivity contribution < 1.29 is 19.1 Å². The van der Waals surface area contributed by atoms with Crippen molar-refractivity contribution >= 4 is 23.3 Å². The highest BCUT2D eigenvalue weighted by Crippen LogP contribution is 2.36. The normalized spacial score (nSPS) is 11.5. The number of hydrogen-bond donors (Lipinski definition) is 2. The minimum absolute atomic E-state index is 0.0977. The summed E-state index contributed by atoms with van der Waals surface area (Å²) in [6.07, 6.45) is 0. The molecule has 0 saturated carbocycles. The molecule has 6 nitrogen and oxygen atoms in total. The van der Waals surface area contributed by atoms with E-state index in [9.17, 15) is 14.4 Å². The summed E-state index contributed by atoms with van der Waals surface area (Å²) in [4.78, 5) is 37.4. The number of anilines is 1. The van der Waals surface area contributed by atoms with Crippen LogP contribution in [0, 0.1) is 6.92 Å². The number of hydrogen-bond acceptors (Lipinski definition) is 4. The number of carbonyl (C=O) groups is 3. The lowest BCUT2D eigenvalue weighted by Gasteiger charge is -2.11. The van der Waals surface area contributed by atoms with E-state index in [0.29, 0.717) is 28.1 Å². The number of benzene rings is 3. The van der Waals surface area contributed by atoms with Gasteiger partial charge in [-0.25, -0.2) is 0 Å². The summed E-state index contributed by atoms with van der Waals surface area (Å²) < 4.78 is 5.24. The first kappa shape index (κ1) is 19.4. The molecule has 30 heavy (non-hydrogen) atoms. The smallest absolute Gasteiger partial charge is 0.251 e. The molecule has 1 aliphatic carbocycles. The zero-order valence-corrected chi connectivity index (χ0v) is 16.6. The average Bonchev–Trinajstić information content (AvgIpc) is 3.04. The molecule has 2 N–H and O–H groups in total. The second kappa shape index (κ2) is 7.83. The molecular weight excluding hydrogens is 380 g/mol. The maximum atomic E-state index is 12.6. The Balaban J connectivity index is 1.44. The Morgan fingerprint density at radius 1 is 0.900 bits per heavy atom. The van der Waals surface area contributed by atoms with E-state index in [-0.39, 0.29) is 18.2 Å². The quantitative estimate of drug-likeness (QED) is 0.536. The predicted octanol–water partition coefficient (Wildman–Crippen LogP) is 3.58. The van der Waals surface area contributed by atoms with Crippen LogP contribution in [0.25, 0.3) is 11.1 Å². The maximum absolute atomic E-state index is 12.6. The Labute approximate surface area is 173 Å². The molecule has 4 rings (SSSR count). The summed E-state index contributed by atoms with van der Waals surface area (Å²) in [5.74, 6) is -0.360. The highest BCUT2D eigenvalue weighted by Gasteiger charge is 2.27. The lowest BCUT2D eigenvalue weighted by molar-refractivity contribution is -0.115. The minimum atomic E-state index is -0.423. The number of nitrogens with one attached hydrogen (secondary N) is 2. The van der Waals surface area contributed by atoms with Crippen LogP contribution in [-0.4, -0.2) is 31.3 Å². The van der Waals surface area contributed by atoms with E-state index in [4.69, 9.17) is 4.74 Å². The lowest BCUT2D eigenvalue weighted by atomic mass is 10.0. The number of aryl methyl sites for hydroxylation is 1. The Morgan fingerprint density at radius 2 is 1.63 bits per heavy atom. The van der Waals surface area contributed by atoms with Gasteiger partial charge in [0.25, 0.3) is 5.91 Å². The highest BCUT2D eigenvalue weighted by atomic mass is 16.5. The molecule has 0 bridgehead atoms. The van der Waals surface area contributed by atoms with Crippen LogP contribution < -0.4 is 15.4 Å². The van der Waals surface area contributed by atoms with Crippen molar-refractivity contribution in [2.45, 2.75) is 6.92 Å². The van der Waals surface area contributed by atoms with Gasteiger partial charge in [-0.05, 0) is 47.9 Å². The van der Waals surface area contributed by atoms with E-state index in [1.807, 2.05) is 31.2 Å². The van der Waals surface area contributed by atoms with Gasteiger partial charge in [-0.1, -0.05) is 36.4 Å². The predicted molar refractivity (Wildman–Crippen MR) is 114 cm³/mol. The van der Waals surface area contributed by atoms with Gasteiger partial charge in [-0.15, -0.1) is 0 Å². The summed E-state index contributed by atoms with van der Waals surface area (Å²) in [5, 5.41) is 5.33. The van der Waals surface area contributed by atoms with E-state index in [2.05, 4.69) is 10.6 Å². The first-order chi connectivity index (χ1) is 14.5. The summed E-state index contributed by atoms with van der Waals surface area (Å²) >= 11 is 0. The van der Waals surface area contributed by atoms with Gasteiger partial charge in [-0.3, -0.25) is 14.4 Å². The molecule has 1 aliphatic rings. The summed E-state index contributed by atoms with van der Waals surface area (Å²) in [7, 11) is 1.52. The third-order valence-electron chi connectivity index (χ3n) is 5.03. The zero-order chi connectivity index (χ0) is 21.3. The molecule has 0 radical (unpaired) electrons. The molecule has 0 heterocycles. The van der Waals surface area contributed by atoms with Gasteiger partial charge in [0.05, 0.1) is 19.3 Å². The molecule has 0 saturated heterocycles. The molecule has 0 aromatic heterocycles. The molecule has 0 aliphatic heterocycles. The number of ether oxygens (including phenoxy) is 1. The standard InChI is InChI=1S/C24H20N2O4/c1-14-7-10-21(30-2)20(11-14)26-22(27)13-25-24(29)15-8-9-17-16-5-3-4-6-18(16)23(28)19(17)12-15/h3-12H,13H2,1-2H3,(H,25,29)(H,26,27). The van der Waals surface area contributed by atoms with Crippen LogP contribution in [-0.2, 0) is 4.79 Å². The lowest BCUT2D eigenvalue weighted by Crippen LogP contribution is -2.33. The van der Waals surface area contributed by atoms with Crippen LogP contribution in [0.3, 0.4) is 0 Å². The fourth-order valence-electron chi connectivity index (χ4n) is 3.55. The fraction of sp³-hybridized carbons (Fsp3) is 0.125.